The fourth-order valence-corrected chi connectivity index (χ4v) is 9.61. The molecule has 0 fully saturated rings. The Balaban J connectivity index is 1.00. The SMILES string of the molecule is [2H]C([2H])([2H])n1c2ccccc2c2cc3c4ccccc4n(C([2H])([2H])[2H])c3c(Nc3ccccc3Nc3cc(Oc4ccc5c6ccccc6n(-c6cc(C(C)(C)C)ccn6)c5c4)cc(-c4ccccc4)c3)c21. The van der Waals surface area contributed by atoms with Crippen LogP contribution in [0.2, 0.25) is 0 Å². The van der Waals surface area contributed by atoms with Crippen molar-refractivity contribution in [3.05, 3.63) is 194 Å². The number of anilines is 4. The summed E-state index contributed by atoms with van der Waals surface area (Å²) < 4.78 is 65.0. The Labute approximate surface area is 391 Å². The van der Waals surface area contributed by atoms with Crippen molar-refractivity contribution < 1.29 is 13.0 Å². The van der Waals surface area contributed by atoms with Gasteiger partial charge in [-0.25, -0.2) is 4.98 Å². The van der Waals surface area contributed by atoms with Gasteiger partial charge in [0.1, 0.15) is 17.3 Å². The zero-order valence-electron chi connectivity index (χ0n) is 42.6. The van der Waals surface area contributed by atoms with Crippen molar-refractivity contribution in [3.63, 3.8) is 0 Å². The van der Waals surface area contributed by atoms with E-state index in [2.05, 4.69) is 103 Å². The molecule has 320 valence electrons. The van der Waals surface area contributed by atoms with Crippen LogP contribution in [-0.2, 0) is 19.4 Å². The van der Waals surface area contributed by atoms with E-state index in [0.717, 1.165) is 55.2 Å². The molecule has 12 rings (SSSR count). The standard InChI is InChI=1S/C59H48N6O/c1-59(2,3)39-29-30-60-55(33-39)65-53-26-16-11-19-43(53)46-28-27-41(35-54(46)65)66-42-32-38(37-17-7-6-8-18-37)31-40(34-42)61-49-22-12-13-23-50(49)62-56-57-47(44-20-9-14-24-51(44)63(57)4)36-48-45-21-10-15-25-52(45)64(5)58(48)56/h6-36,61-62H,1-5H3/i4D3,5D3. The molecule has 4 aromatic heterocycles. The molecule has 0 aliphatic rings. The van der Waals surface area contributed by atoms with Crippen LogP contribution >= 0.6 is 0 Å². The summed E-state index contributed by atoms with van der Waals surface area (Å²) in [5, 5.41) is 12.4. The van der Waals surface area contributed by atoms with Crippen LogP contribution in [0.5, 0.6) is 11.5 Å². The Kier molecular flexibility index (Phi) is 7.64. The maximum Gasteiger partial charge on any atom is 0.137 e. The highest BCUT2D eigenvalue weighted by Crippen LogP contribution is 2.45. The van der Waals surface area contributed by atoms with Crippen molar-refractivity contribution in [2.75, 3.05) is 10.6 Å². The fraction of sp³-hybridized carbons (Fsp3) is 0.102. The summed E-state index contributed by atoms with van der Waals surface area (Å²) in [6, 6.07) is 59.3. The first-order chi connectivity index (χ1) is 34.6. The molecule has 0 radical (unpaired) electrons. The number of para-hydroxylation sites is 5. The second-order valence-electron chi connectivity index (χ2n) is 17.9. The van der Waals surface area contributed by atoms with E-state index in [9.17, 15) is 0 Å². The maximum atomic E-state index is 8.87. The molecule has 0 aliphatic carbocycles. The number of fused-ring (bicyclic) bond motifs is 9. The number of benzene rings is 8. The molecule has 0 saturated carbocycles. The summed E-state index contributed by atoms with van der Waals surface area (Å²) in [6.45, 7) is 1.37. The van der Waals surface area contributed by atoms with Gasteiger partial charge in [0.2, 0.25) is 0 Å². The zero-order valence-corrected chi connectivity index (χ0v) is 36.6. The average molecular weight is 863 g/mol. The third kappa shape index (κ3) is 6.46. The fourth-order valence-electron chi connectivity index (χ4n) is 9.61. The van der Waals surface area contributed by atoms with E-state index in [4.69, 9.17) is 17.9 Å². The van der Waals surface area contributed by atoms with Gasteiger partial charge in [-0.1, -0.05) is 118 Å². The number of ether oxygens (including phenoxy) is 1. The van der Waals surface area contributed by atoms with Gasteiger partial charge in [-0.3, -0.25) is 4.57 Å². The summed E-state index contributed by atoms with van der Waals surface area (Å²) in [5.41, 5.74) is 9.09. The monoisotopic (exact) mass is 862 g/mol. The molecule has 0 saturated heterocycles. The summed E-state index contributed by atoms with van der Waals surface area (Å²) in [5.74, 6) is 2.06. The van der Waals surface area contributed by atoms with Crippen LogP contribution in [0.25, 0.3) is 82.4 Å². The number of hydrogen-bond donors (Lipinski definition) is 2. The third-order valence-electron chi connectivity index (χ3n) is 12.8. The molecular formula is C59H48N6O. The van der Waals surface area contributed by atoms with Gasteiger partial charge in [-0.2, -0.15) is 0 Å². The Morgan fingerprint density at radius 2 is 1.08 bits per heavy atom. The number of aromatic nitrogens is 4. The molecule has 66 heavy (non-hydrogen) atoms. The molecular weight excluding hydrogens is 809 g/mol. The first kappa shape index (κ1) is 33.3. The highest BCUT2D eigenvalue weighted by molar-refractivity contribution is 6.25. The molecule has 4 heterocycles. The number of nitrogens with one attached hydrogen (secondary N) is 2. The largest absolute Gasteiger partial charge is 0.457 e. The van der Waals surface area contributed by atoms with Crippen LogP contribution in [0.4, 0.5) is 22.7 Å². The van der Waals surface area contributed by atoms with Crippen molar-refractivity contribution in [1.82, 2.24) is 18.7 Å². The zero-order chi connectivity index (χ0) is 49.7. The van der Waals surface area contributed by atoms with E-state index in [-0.39, 0.29) is 5.41 Å². The lowest BCUT2D eigenvalue weighted by molar-refractivity contribution is 0.484. The minimum atomic E-state index is -2.62. The quantitative estimate of drug-likeness (QED) is 0.160. The molecule has 8 aromatic carbocycles. The van der Waals surface area contributed by atoms with Crippen LogP contribution in [0, 0.1) is 0 Å². The first-order valence-electron chi connectivity index (χ1n) is 25.1. The summed E-state index contributed by atoms with van der Waals surface area (Å²) in [7, 11) is 0. The molecule has 12 aromatic rings. The number of pyridine rings is 1. The Bertz CT molecular complexity index is 4000. The highest BCUT2D eigenvalue weighted by atomic mass is 16.5. The van der Waals surface area contributed by atoms with Crippen LogP contribution in [-0.4, -0.2) is 18.7 Å². The van der Waals surface area contributed by atoms with Crippen LogP contribution in [0.3, 0.4) is 0 Å². The minimum Gasteiger partial charge on any atom is -0.457 e. The van der Waals surface area contributed by atoms with Gasteiger partial charge in [0.05, 0.1) is 39.1 Å². The molecule has 0 aliphatic heterocycles. The number of aryl methyl sites for hydroxylation is 2. The van der Waals surface area contributed by atoms with Gasteiger partial charge in [0.15, 0.2) is 0 Å². The number of rotatable bonds is 8. The topological polar surface area (TPSA) is 61.0 Å². The Morgan fingerprint density at radius 1 is 0.485 bits per heavy atom. The molecule has 0 atom stereocenters. The minimum absolute atomic E-state index is 0.0701. The number of nitrogens with zero attached hydrogens (tertiary/aromatic N) is 4. The lowest BCUT2D eigenvalue weighted by atomic mass is 9.88. The average Bonchev–Trinajstić information content (AvgIpc) is 4.01. The van der Waals surface area contributed by atoms with Crippen LogP contribution < -0.4 is 15.4 Å². The summed E-state index contributed by atoms with van der Waals surface area (Å²) in [4.78, 5) is 4.88. The lowest BCUT2D eigenvalue weighted by Crippen LogP contribution is -2.12. The van der Waals surface area contributed by atoms with E-state index in [1.807, 2.05) is 109 Å². The normalized spacial score (nSPS) is 13.7. The van der Waals surface area contributed by atoms with Gasteiger partial charge in [-0.15, -0.1) is 0 Å². The Morgan fingerprint density at radius 3 is 1.74 bits per heavy atom. The molecule has 7 heteroatoms. The second-order valence-corrected chi connectivity index (χ2v) is 17.9. The van der Waals surface area contributed by atoms with E-state index in [1.165, 1.54) is 14.7 Å². The van der Waals surface area contributed by atoms with Gasteiger partial charge in [-0.05, 0) is 94.9 Å². The summed E-state index contributed by atoms with van der Waals surface area (Å²) >= 11 is 0. The van der Waals surface area contributed by atoms with Gasteiger partial charge >= 0.3 is 0 Å². The molecule has 0 spiro atoms. The smallest absolute Gasteiger partial charge is 0.137 e. The van der Waals surface area contributed by atoms with Crippen LogP contribution in [0.1, 0.15) is 34.6 Å². The molecule has 0 amide bonds. The van der Waals surface area contributed by atoms with Gasteiger partial charge in [0, 0.05) is 89.5 Å². The van der Waals surface area contributed by atoms with Gasteiger partial charge in [0.25, 0.3) is 0 Å². The van der Waals surface area contributed by atoms with E-state index in [0.29, 0.717) is 61.4 Å². The van der Waals surface area contributed by atoms with Crippen molar-refractivity contribution in [2.45, 2.75) is 26.2 Å². The maximum absolute atomic E-state index is 8.87. The predicted octanol–water partition coefficient (Wildman–Crippen LogP) is 15.7. The molecule has 0 bridgehead atoms. The summed E-state index contributed by atoms with van der Waals surface area (Å²) in [6.07, 6.45) is 1.88. The van der Waals surface area contributed by atoms with Crippen molar-refractivity contribution in [2.24, 2.45) is 14.0 Å². The first-order valence-corrected chi connectivity index (χ1v) is 22.1. The third-order valence-corrected chi connectivity index (χ3v) is 12.8. The van der Waals surface area contributed by atoms with Crippen molar-refractivity contribution in [3.8, 4) is 28.4 Å². The molecule has 0 unspecified atom stereocenters. The van der Waals surface area contributed by atoms with Crippen molar-refractivity contribution >= 4 is 88.2 Å². The molecule has 7 nitrogen and oxygen atoms in total. The van der Waals surface area contributed by atoms with Crippen molar-refractivity contribution in [1.29, 1.82) is 0 Å². The highest BCUT2D eigenvalue weighted by Gasteiger charge is 2.22. The molecule has 2 N–H and O–H groups in total. The van der Waals surface area contributed by atoms with Crippen LogP contribution in [0.15, 0.2) is 188 Å². The number of hydrogen-bond acceptors (Lipinski definition) is 4. The second kappa shape index (κ2) is 15.2. The lowest BCUT2D eigenvalue weighted by Gasteiger charge is -2.20. The van der Waals surface area contributed by atoms with E-state index < -0.39 is 14.0 Å². The van der Waals surface area contributed by atoms with E-state index in [1.54, 1.807) is 12.1 Å². The predicted molar refractivity (Wildman–Crippen MR) is 277 cm³/mol. The van der Waals surface area contributed by atoms with E-state index >= 15 is 0 Å². The Hall–Kier alpha value is -8.29. The van der Waals surface area contributed by atoms with Gasteiger partial charge < -0.3 is 24.5 Å².